The summed E-state index contributed by atoms with van der Waals surface area (Å²) in [6.07, 6.45) is 0. The lowest BCUT2D eigenvalue weighted by atomic mass is 9.89. The number of nitrogens with zero attached hydrogens (tertiary/aromatic N) is 3. The highest BCUT2D eigenvalue weighted by Crippen LogP contribution is 2.35. The Morgan fingerprint density at radius 3 is 2.19 bits per heavy atom. The van der Waals surface area contributed by atoms with Crippen LogP contribution in [0.1, 0.15) is 19.4 Å². The zero-order valence-electron chi connectivity index (χ0n) is 18.0. The van der Waals surface area contributed by atoms with E-state index < -0.39 is 5.60 Å². The average molecular weight is 418 g/mol. The molecule has 0 radical (unpaired) electrons. The van der Waals surface area contributed by atoms with Gasteiger partial charge in [0.25, 0.3) is 0 Å². The molecule has 0 unspecified atom stereocenters. The molecule has 0 aliphatic carbocycles. The van der Waals surface area contributed by atoms with Crippen molar-refractivity contribution in [2.45, 2.75) is 19.4 Å². The van der Waals surface area contributed by atoms with Crippen LogP contribution in [0.4, 0.5) is 0 Å². The summed E-state index contributed by atoms with van der Waals surface area (Å²) in [6.45, 7) is 3.65. The maximum Gasteiger partial charge on any atom is 0.220 e. The Morgan fingerprint density at radius 1 is 0.719 bits per heavy atom. The molecule has 6 rings (SSSR count). The third kappa shape index (κ3) is 2.77. The molecule has 0 saturated carbocycles. The van der Waals surface area contributed by atoms with Crippen molar-refractivity contribution in [1.29, 1.82) is 0 Å². The van der Waals surface area contributed by atoms with Gasteiger partial charge in [-0.05, 0) is 66.9 Å². The average Bonchev–Trinajstić information content (AvgIpc) is 3.33. The van der Waals surface area contributed by atoms with Gasteiger partial charge in [-0.25, -0.2) is 4.98 Å². The van der Waals surface area contributed by atoms with Crippen molar-refractivity contribution in [3.8, 4) is 16.8 Å². The first-order valence-electron chi connectivity index (χ1n) is 10.8. The van der Waals surface area contributed by atoms with Crippen LogP contribution in [0.2, 0.25) is 0 Å². The molecule has 6 aromatic rings. The molecule has 0 bridgehead atoms. The Bertz CT molecular complexity index is 1600. The predicted molar refractivity (Wildman–Crippen MR) is 130 cm³/mol. The van der Waals surface area contributed by atoms with E-state index in [1.807, 2.05) is 38.1 Å². The van der Waals surface area contributed by atoms with E-state index in [1.165, 1.54) is 0 Å². The Kier molecular flexibility index (Phi) is 4.01. The fraction of sp³-hybridized carbons (Fsp3) is 0.107. The van der Waals surface area contributed by atoms with E-state index in [0.717, 1.165) is 50.2 Å². The van der Waals surface area contributed by atoms with E-state index in [4.69, 9.17) is 4.98 Å². The minimum Gasteiger partial charge on any atom is -0.386 e. The van der Waals surface area contributed by atoms with Crippen molar-refractivity contribution in [3.63, 3.8) is 0 Å². The Hall–Kier alpha value is -3.89. The number of imidazole rings is 2. The summed E-state index contributed by atoms with van der Waals surface area (Å²) in [5, 5.41) is 10.7. The van der Waals surface area contributed by atoms with Crippen LogP contribution in [0, 0.1) is 0 Å². The number of aliphatic hydroxyl groups is 1. The van der Waals surface area contributed by atoms with E-state index in [9.17, 15) is 5.11 Å². The van der Waals surface area contributed by atoms with Crippen molar-refractivity contribution >= 4 is 27.8 Å². The van der Waals surface area contributed by atoms with Crippen LogP contribution in [-0.2, 0) is 5.60 Å². The maximum atomic E-state index is 10.7. The Balaban J connectivity index is 1.65. The first-order valence-corrected chi connectivity index (χ1v) is 10.8. The molecule has 156 valence electrons. The van der Waals surface area contributed by atoms with Gasteiger partial charge in [-0.15, -0.1) is 0 Å². The highest BCUT2D eigenvalue weighted by molar-refractivity contribution is 5.93. The predicted octanol–water partition coefficient (Wildman–Crippen LogP) is 6.33. The van der Waals surface area contributed by atoms with E-state index >= 15 is 0 Å². The van der Waals surface area contributed by atoms with E-state index in [2.05, 4.69) is 81.8 Å². The standard InChI is InChI=1S/C28H23N3O/c1-28(2,32)22-13-7-6-12-21(22)19-16-17-24-23(18-19)29-27-30(20-10-4-3-5-11-20)25-14-8-9-15-26(25)31(24)27/h3-18,32H,1-2H3. The second-order valence-corrected chi connectivity index (χ2v) is 8.71. The summed E-state index contributed by atoms with van der Waals surface area (Å²) in [6, 6.07) is 33.1. The van der Waals surface area contributed by atoms with Gasteiger partial charge in [0, 0.05) is 5.69 Å². The Morgan fingerprint density at radius 2 is 1.41 bits per heavy atom. The van der Waals surface area contributed by atoms with Crippen LogP contribution in [0.25, 0.3) is 44.7 Å². The number of rotatable bonds is 3. The van der Waals surface area contributed by atoms with Crippen molar-refractivity contribution in [3.05, 3.63) is 103 Å². The lowest BCUT2D eigenvalue weighted by Gasteiger charge is -2.21. The van der Waals surface area contributed by atoms with Gasteiger partial charge in [0.15, 0.2) is 0 Å². The van der Waals surface area contributed by atoms with Crippen molar-refractivity contribution in [1.82, 2.24) is 14.0 Å². The van der Waals surface area contributed by atoms with Crippen LogP contribution in [-0.4, -0.2) is 19.1 Å². The SMILES string of the molecule is CC(C)(O)c1ccccc1-c1ccc2c(c1)nc1n(-c3ccccc3)c3ccccc3n21. The molecule has 0 spiro atoms. The first kappa shape index (κ1) is 18.8. The Labute approximate surface area is 186 Å². The molecule has 0 fully saturated rings. The van der Waals surface area contributed by atoms with E-state index in [-0.39, 0.29) is 0 Å². The summed E-state index contributed by atoms with van der Waals surface area (Å²) in [7, 11) is 0. The number of hydrogen-bond donors (Lipinski definition) is 1. The molecule has 1 N–H and O–H groups in total. The molecule has 2 aromatic heterocycles. The second kappa shape index (κ2) is 6.81. The van der Waals surface area contributed by atoms with Gasteiger partial charge < -0.3 is 5.11 Å². The molecule has 0 amide bonds. The van der Waals surface area contributed by atoms with Crippen LogP contribution >= 0.6 is 0 Å². The lowest BCUT2D eigenvalue weighted by Crippen LogP contribution is -2.16. The largest absolute Gasteiger partial charge is 0.386 e. The molecule has 0 aliphatic heterocycles. The van der Waals surface area contributed by atoms with Crippen LogP contribution < -0.4 is 0 Å². The molecule has 0 atom stereocenters. The third-order valence-electron chi connectivity index (χ3n) is 6.11. The summed E-state index contributed by atoms with van der Waals surface area (Å²) >= 11 is 0. The topological polar surface area (TPSA) is 42.5 Å². The number of hydrogen-bond acceptors (Lipinski definition) is 2. The number of aromatic nitrogens is 3. The van der Waals surface area contributed by atoms with Gasteiger partial charge in [0.1, 0.15) is 0 Å². The third-order valence-corrected chi connectivity index (χ3v) is 6.11. The molecule has 32 heavy (non-hydrogen) atoms. The van der Waals surface area contributed by atoms with Crippen molar-refractivity contribution in [2.75, 3.05) is 0 Å². The fourth-order valence-electron chi connectivity index (χ4n) is 4.67. The van der Waals surface area contributed by atoms with Gasteiger partial charge in [0.05, 0.1) is 27.7 Å². The molecule has 0 saturated heterocycles. The zero-order valence-corrected chi connectivity index (χ0v) is 18.0. The zero-order chi connectivity index (χ0) is 21.9. The lowest BCUT2D eigenvalue weighted by molar-refractivity contribution is 0.0792. The van der Waals surface area contributed by atoms with Crippen molar-refractivity contribution in [2.24, 2.45) is 0 Å². The molecule has 2 heterocycles. The molecule has 4 nitrogen and oxygen atoms in total. The fourth-order valence-corrected chi connectivity index (χ4v) is 4.67. The highest BCUT2D eigenvalue weighted by Gasteiger charge is 2.21. The quantitative estimate of drug-likeness (QED) is 0.366. The van der Waals surface area contributed by atoms with E-state index in [1.54, 1.807) is 0 Å². The molecular formula is C28H23N3O. The minimum atomic E-state index is -0.926. The second-order valence-electron chi connectivity index (χ2n) is 8.71. The van der Waals surface area contributed by atoms with Gasteiger partial charge >= 0.3 is 0 Å². The van der Waals surface area contributed by atoms with Gasteiger partial charge in [-0.3, -0.25) is 8.97 Å². The number of para-hydroxylation sites is 3. The monoisotopic (exact) mass is 417 g/mol. The summed E-state index contributed by atoms with van der Waals surface area (Å²) in [4.78, 5) is 5.07. The first-order chi connectivity index (χ1) is 15.5. The molecular weight excluding hydrogens is 394 g/mol. The van der Waals surface area contributed by atoms with E-state index in [0.29, 0.717) is 0 Å². The smallest absolute Gasteiger partial charge is 0.220 e. The number of fused-ring (bicyclic) bond motifs is 5. The molecule has 0 aliphatic rings. The summed E-state index contributed by atoms with van der Waals surface area (Å²) in [5.74, 6) is 0.889. The van der Waals surface area contributed by atoms with Crippen LogP contribution in [0.3, 0.4) is 0 Å². The van der Waals surface area contributed by atoms with Crippen LogP contribution in [0.15, 0.2) is 97.1 Å². The van der Waals surface area contributed by atoms with Crippen LogP contribution in [0.5, 0.6) is 0 Å². The van der Waals surface area contributed by atoms with Crippen molar-refractivity contribution < 1.29 is 5.11 Å². The van der Waals surface area contributed by atoms with Gasteiger partial charge in [0.2, 0.25) is 5.78 Å². The molecule has 4 aromatic carbocycles. The normalized spacial score (nSPS) is 12.2. The summed E-state index contributed by atoms with van der Waals surface area (Å²) < 4.78 is 4.43. The summed E-state index contributed by atoms with van der Waals surface area (Å²) in [5.41, 5.74) is 7.38. The maximum absolute atomic E-state index is 10.7. The van der Waals surface area contributed by atoms with Gasteiger partial charge in [-0.2, -0.15) is 0 Å². The highest BCUT2D eigenvalue weighted by atomic mass is 16.3. The van der Waals surface area contributed by atoms with Gasteiger partial charge in [-0.1, -0.05) is 60.7 Å². The molecule has 4 heteroatoms. The number of benzene rings is 4. The minimum absolute atomic E-state index is 0.889.